The quantitative estimate of drug-likeness (QED) is 0.617. The van der Waals surface area contributed by atoms with Crippen LogP contribution in [0.15, 0.2) is 36.9 Å². The van der Waals surface area contributed by atoms with Gasteiger partial charge in [-0.15, -0.1) is 0 Å². The molecular weight excluding hydrogens is 230 g/mol. The van der Waals surface area contributed by atoms with Crippen molar-refractivity contribution in [1.82, 2.24) is 15.3 Å². The summed E-state index contributed by atoms with van der Waals surface area (Å²) < 4.78 is 4.75. The Morgan fingerprint density at radius 2 is 2.44 bits per heavy atom. The molecule has 0 aliphatic carbocycles. The number of carbonyl (C=O) groups excluding carboxylic acids is 1. The Bertz CT molecular complexity index is 574. The minimum absolute atomic E-state index is 0.121. The van der Waals surface area contributed by atoms with E-state index in [-0.39, 0.29) is 11.7 Å². The summed E-state index contributed by atoms with van der Waals surface area (Å²) in [5.74, 6) is -0.161. The molecule has 0 aliphatic heterocycles. The van der Waals surface area contributed by atoms with Crippen LogP contribution in [0.5, 0.6) is 0 Å². The fourth-order valence-corrected chi connectivity index (χ4v) is 1.72. The molecule has 0 unspecified atom stereocenters. The Kier molecular flexibility index (Phi) is 3.62. The van der Waals surface area contributed by atoms with Crippen LogP contribution in [0.1, 0.15) is 5.56 Å². The van der Waals surface area contributed by atoms with E-state index in [1.165, 1.54) is 7.11 Å². The molecule has 2 aromatic rings. The highest BCUT2D eigenvalue weighted by Crippen LogP contribution is 2.15. The highest BCUT2D eigenvalue weighted by atomic mass is 16.5. The maximum absolute atomic E-state index is 11.4. The molecule has 94 valence electrons. The molecule has 0 spiro atoms. The lowest BCUT2D eigenvalue weighted by Crippen LogP contribution is -2.27. The predicted octanol–water partition coefficient (Wildman–Crippen LogP) is 1.38. The zero-order chi connectivity index (χ0) is 13.0. The molecule has 1 amide bonds. The summed E-state index contributed by atoms with van der Waals surface area (Å²) in [5.41, 5.74) is 1.99. The third-order valence-electron chi connectivity index (χ3n) is 2.72. The van der Waals surface area contributed by atoms with Crippen molar-refractivity contribution in [3.05, 3.63) is 42.4 Å². The molecule has 18 heavy (non-hydrogen) atoms. The summed E-state index contributed by atoms with van der Waals surface area (Å²) in [4.78, 5) is 18.7. The van der Waals surface area contributed by atoms with Crippen LogP contribution in [0.3, 0.4) is 0 Å². The topological polar surface area (TPSA) is 67.0 Å². The number of rotatable bonds is 5. The number of carbonyl (C=O) groups is 1. The van der Waals surface area contributed by atoms with Crippen molar-refractivity contribution in [2.24, 2.45) is 0 Å². The van der Waals surface area contributed by atoms with Gasteiger partial charge in [0.2, 0.25) is 0 Å². The van der Waals surface area contributed by atoms with E-state index in [1.807, 2.05) is 18.3 Å². The Morgan fingerprint density at radius 1 is 1.61 bits per heavy atom. The molecule has 0 bridgehead atoms. The van der Waals surface area contributed by atoms with Crippen molar-refractivity contribution in [3.63, 3.8) is 0 Å². The molecule has 0 saturated carbocycles. The second kappa shape index (κ2) is 5.35. The Labute approximate surface area is 105 Å². The average Bonchev–Trinajstić information content (AvgIpc) is 2.81. The predicted molar refractivity (Wildman–Crippen MR) is 69.0 cm³/mol. The van der Waals surface area contributed by atoms with Gasteiger partial charge in [-0.1, -0.05) is 6.58 Å². The molecule has 0 saturated heterocycles. The van der Waals surface area contributed by atoms with Gasteiger partial charge in [0, 0.05) is 24.3 Å². The summed E-state index contributed by atoms with van der Waals surface area (Å²) in [6.45, 7) is 4.02. The molecule has 2 rings (SSSR count). The Balaban J connectivity index is 1.95. The molecule has 2 heterocycles. The second-order valence-corrected chi connectivity index (χ2v) is 3.85. The van der Waals surface area contributed by atoms with Gasteiger partial charge in [-0.05, 0) is 24.1 Å². The van der Waals surface area contributed by atoms with Crippen LogP contribution in [0.25, 0.3) is 11.0 Å². The zero-order valence-electron chi connectivity index (χ0n) is 10.2. The van der Waals surface area contributed by atoms with Crippen LogP contribution >= 0.6 is 0 Å². The van der Waals surface area contributed by atoms with Gasteiger partial charge in [-0.25, -0.2) is 4.98 Å². The minimum atomic E-state index is -0.282. The number of fused-ring (bicyclic) bond motifs is 1. The van der Waals surface area contributed by atoms with Crippen LogP contribution < -0.4 is 5.32 Å². The van der Waals surface area contributed by atoms with Crippen LogP contribution in [-0.4, -0.2) is 29.5 Å². The van der Waals surface area contributed by atoms with Crippen molar-refractivity contribution in [1.29, 1.82) is 0 Å². The Hall–Kier alpha value is -2.30. The van der Waals surface area contributed by atoms with Crippen molar-refractivity contribution < 1.29 is 9.53 Å². The van der Waals surface area contributed by atoms with E-state index in [9.17, 15) is 4.79 Å². The lowest BCUT2D eigenvalue weighted by molar-refractivity contribution is -0.120. The molecule has 0 aliphatic rings. The molecule has 0 radical (unpaired) electrons. The normalized spacial score (nSPS) is 10.3. The summed E-state index contributed by atoms with van der Waals surface area (Å²) >= 11 is 0. The zero-order valence-corrected chi connectivity index (χ0v) is 10.2. The van der Waals surface area contributed by atoms with Crippen molar-refractivity contribution in [3.8, 4) is 0 Å². The molecule has 2 N–H and O–H groups in total. The van der Waals surface area contributed by atoms with Gasteiger partial charge < -0.3 is 15.0 Å². The molecular formula is C13H15N3O2. The monoisotopic (exact) mass is 245 g/mol. The number of H-pyrrole nitrogens is 1. The SMILES string of the molecule is C=C(OC)C(=O)NCCc1c[nH]c2ncccc12. The maximum Gasteiger partial charge on any atom is 0.285 e. The third-order valence-corrected chi connectivity index (χ3v) is 2.72. The van der Waals surface area contributed by atoms with Crippen molar-refractivity contribution >= 4 is 16.9 Å². The summed E-state index contributed by atoms with van der Waals surface area (Å²) in [5, 5.41) is 3.82. The lowest BCUT2D eigenvalue weighted by Gasteiger charge is -2.05. The molecule has 2 aromatic heterocycles. The van der Waals surface area contributed by atoms with Gasteiger partial charge in [-0.2, -0.15) is 0 Å². The van der Waals surface area contributed by atoms with Crippen LogP contribution in [0.2, 0.25) is 0 Å². The van der Waals surface area contributed by atoms with Gasteiger partial charge >= 0.3 is 0 Å². The van der Waals surface area contributed by atoms with Gasteiger partial charge in [0.15, 0.2) is 5.76 Å². The molecule has 0 aromatic carbocycles. The molecule has 0 fully saturated rings. The van der Waals surface area contributed by atoms with Gasteiger partial charge in [0.05, 0.1) is 7.11 Å². The number of aromatic amines is 1. The first-order chi connectivity index (χ1) is 8.72. The summed E-state index contributed by atoms with van der Waals surface area (Å²) in [7, 11) is 1.42. The first-order valence-corrected chi connectivity index (χ1v) is 5.64. The Morgan fingerprint density at radius 3 is 3.22 bits per heavy atom. The highest BCUT2D eigenvalue weighted by molar-refractivity contribution is 5.90. The number of nitrogens with zero attached hydrogens (tertiary/aromatic N) is 1. The number of pyridine rings is 1. The number of ether oxygens (including phenoxy) is 1. The number of nitrogens with one attached hydrogen (secondary N) is 2. The fourth-order valence-electron chi connectivity index (χ4n) is 1.72. The third kappa shape index (κ3) is 2.51. The van der Waals surface area contributed by atoms with E-state index in [1.54, 1.807) is 6.20 Å². The van der Waals surface area contributed by atoms with Crippen LogP contribution in [-0.2, 0) is 16.0 Å². The summed E-state index contributed by atoms with van der Waals surface area (Å²) in [6, 6.07) is 3.90. The van der Waals surface area contributed by atoms with E-state index < -0.39 is 0 Å². The molecule has 0 atom stereocenters. The number of aromatic nitrogens is 2. The lowest BCUT2D eigenvalue weighted by atomic mass is 10.1. The number of amides is 1. The minimum Gasteiger partial charge on any atom is -0.492 e. The van der Waals surface area contributed by atoms with Crippen LogP contribution in [0.4, 0.5) is 0 Å². The average molecular weight is 245 g/mol. The molecule has 5 heteroatoms. The van der Waals surface area contributed by atoms with E-state index in [0.29, 0.717) is 6.54 Å². The van der Waals surface area contributed by atoms with Crippen LogP contribution in [0, 0.1) is 0 Å². The molecule has 5 nitrogen and oxygen atoms in total. The van der Waals surface area contributed by atoms with Gasteiger partial charge in [-0.3, -0.25) is 4.79 Å². The largest absolute Gasteiger partial charge is 0.492 e. The van der Waals surface area contributed by atoms with Gasteiger partial charge in [0.1, 0.15) is 5.65 Å². The van der Waals surface area contributed by atoms with Crippen molar-refractivity contribution in [2.45, 2.75) is 6.42 Å². The summed E-state index contributed by atoms with van der Waals surface area (Å²) in [6.07, 6.45) is 4.39. The number of methoxy groups -OCH3 is 1. The number of hydrogen-bond acceptors (Lipinski definition) is 3. The highest BCUT2D eigenvalue weighted by Gasteiger charge is 2.07. The van der Waals surface area contributed by atoms with Gasteiger partial charge in [0.25, 0.3) is 5.91 Å². The fraction of sp³-hybridized carbons (Fsp3) is 0.231. The van der Waals surface area contributed by atoms with E-state index >= 15 is 0 Å². The second-order valence-electron chi connectivity index (χ2n) is 3.85. The number of hydrogen-bond donors (Lipinski definition) is 2. The first kappa shape index (κ1) is 12.2. The van der Waals surface area contributed by atoms with E-state index in [2.05, 4.69) is 21.9 Å². The standard InChI is InChI=1S/C13H15N3O2/c1-9(18-2)13(17)15-7-5-10-8-16-12-11(10)4-3-6-14-12/h3-4,6,8H,1,5,7H2,2H3,(H,14,16)(H,15,17). The van der Waals surface area contributed by atoms with E-state index in [4.69, 9.17) is 4.74 Å². The van der Waals surface area contributed by atoms with E-state index in [0.717, 1.165) is 23.0 Å². The van der Waals surface area contributed by atoms with Crippen molar-refractivity contribution in [2.75, 3.05) is 13.7 Å². The smallest absolute Gasteiger partial charge is 0.285 e. The first-order valence-electron chi connectivity index (χ1n) is 5.64. The maximum atomic E-state index is 11.4.